The maximum atomic E-state index is 12.6. The highest BCUT2D eigenvalue weighted by atomic mass is 16.2. The van der Waals surface area contributed by atoms with E-state index < -0.39 is 0 Å². The molecule has 1 N–H and O–H groups in total. The van der Waals surface area contributed by atoms with Gasteiger partial charge in [-0.3, -0.25) is 9.78 Å². The highest BCUT2D eigenvalue weighted by Gasteiger charge is 2.24. The molecule has 0 aromatic carbocycles. The summed E-state index contributed by atoms with van der Waals surface area (Å²) in [5.74, 6) is 0.187. The zero-order valence-corrected chi connectivity index (χ0v) is 14.0. The van der Waals surface area contributed by atoms with Gasteiger partial charge in [0, 0.05) is 24.8 Å². The molecule has 7 nitrogen and oxygen atoms in total. The van der Waals surface area contributed by atoms with Crippen LogP contribution in [0.3, 0.4) is 0 Å². The van der Waals surface area contributed by atoms with Crippen molar-refractivity contribution in [1.29, 1.82) is 0 Å². The van der Waals surface area contributed by atoms with Crippen molar-refractivity contribution in [2.45, 2.75) is 33.2 Å². The summed E-state index contributed by atoms with van der Waals surface area (Å²) in [4.78, 5) is 25.0. The summed E-state index contributed by atoms with van der Waals surface area (Å²) >= 11 is 0. The fourth-order valence-electron chi connectivity index (χ4n) is 2.50. The van der Waals surface area contributed by atoms with Crippen LogP contribution in [-0.4, -0.2) is 30.5 Å². The van der Waals surface area contributed by atoms with E-state index in [2.05, 4.69) is 46.1 Å². The second kappa shape index (κ2) is 6.35. The highest BCUT2D eigenvalue weighted by molar-refractivity contribution is 5.91. The second-order valence-electron chi connectivity index (χ2n) is 6.88. The van der Waals surface area contributed by atoms with E-state index in [1.165, 1.54) is 4.52 Å². The molecule has 7 heteroatoms. The van der Waals surface area contributed by atoms with Crippen molar-refractivity contribution in [1.82, 2.24) is 29.9 Å². The predicted molar refractivity (Wildman–Crippen MR) is 89.3 cm³/mol. The van der Waals surface area contributed by atoms with E-state index in [9.17, 15) is 4.79 Å². The van der Waals surface area contributed by atoms with Gasteiger partial charge in [0.05, 0.1) is 6.04 Å². The van der Waals surface area contributed by atoms with Crippen molar-refractivity contribution in [2.24, 2.45) is 5.41 Å². The third-order valence-electron chi connectivity index (χ3n) is 3.53. The van der Waals surface area contributed by atoms with E-state index in [-0.39, 0.29) is 23.2 Å². The van der Waals surface area contributed by atoms with Crippen LogP contribution in [0.15, 0.2) is 43.0 Å². The monoisotopic (exact) mass is 324 g/mol. The molecule has 0 unspecified atom stereocenters. The van der Waals surface area contributed by atoms with E-state index in [1.807, 2.05) is 12.1 Å². The Balaban J connectivity index is 1.84. The zero-order chi connectivity index (χ0) is 17.2. The van der Waals surface area contributed by atoms with Crippen LogP contribution < -0.4 is 5.32 Å². The number of carbonyl (C=O) groups excluding carboxylic acids is 1. The first kappa shape index (κ1) is 16.0. The maximum Gasteiger partial charge on any atom is 0.291 e. The Labute approximate surface area is 140 Å². The summed E-state index contributed by atoms with van der Waals surface area (Å²) in [7, 11) is 0. The third kappa shape index (κ3) is 3.73. The van der Waals surface area contributed by atoms with Gasteiger partial charge >= 0.3 is 0 Å². The number of pyridine rings is 1. The van der Waals surface area contributed by atoms with Gasteiger partial charge in [-0.2, -0.15) is 4.98 Å². The van der Waals surface area contributed by atoms with Crippen LogP contribution in [0, 0.1) is 5.41 Å². The third-order valence-corrected chi connectivity index (χ3v) is 3.53. The Morgan fingerprint density at radius 2 is 2.12 bits per heavy atom. The van der Waals surface area contributed by atoms with Crippen molar-refractivity contribution in [3.8, 4) is 0 Å². The minimum Gasteiger partial charge on any atom is -0.342 e. The molecule has 0 saturated heterocycles. The largest absolute Gasteiger partial charge is 0.342 e. The lowest BCUT2D eigenvalue weighted by atomic mass is 9.86. The Hall–Kier alpha value is -2.83. The van der Waals surface area contributed by atoms with Gasteiger partial charge in [-0.1, -0.05) is 26.8 Å². The number of aromatic nitrogens is 5. The van der Waals surface area contributed by atoms with Crippen molar-refractivity contribution in [3.05, 3.63) is 54.4 Å². The molecule has 3 rings (SSSR count). The molecular weight excluding hydrogens is 304 g/mol. The fraction of sp³-hybridized carbons (Fsp3) is 0.353. The van der Waals surface area contributed by atoms with E-state index in [4.69, 9.17) is 0 Å². The number of rotatable bonds is 4. The molecule has 0 bridgehead atoms. The number of hydrogen-bond donors (Lipinski definition) is 1. The molecule has 0 fully saturated rings. The molecule has 3 aromatic heterocycles. The van der Waals surface area contributed by atoms with Gasteiger partial charge in [0.2, 0.25) is 5.82 Å². The van der Waals surface area contributed by atoms with Gasteiger partial charge in [-0.25, -0.2) is 9.50 Å². The number of nitrogens with zero attached hydrogens (tertiary/aromatic N) is 5. The summed E-state index contributed by atoms with van der Waals surface area (Å²) in [5, 5.41) is 7.19. The van der Waals surface area contributed by atoms with Crippen LogP contribution in [0.25, 0.3) is 5.78 Å². The predicted octanol–water partition coefficient (Wildman–Crippen LogP) is 2.43. The standard InChI is InChI=1S/C17H20N6O/c1-17(2,3)10-13(12-6-4-7-18-11-12)20-15(24)14-21-16-19-8-5-9-23(16)22-14/h4-9,11,13H,10H2,1-3H3,(H,20,24)/t13-/m1/s1. The molecule has 0 saturated carbocycles. The number of carbonyl (C=O) groups is 1. The Bertz CT molecular complexity index is 804. The summed E-state index contributed by atoms with van der Waals surface area (Å²) < 4.78 is 1.48. The Morgan fingerprint density at radius 1 is 1.29 bits per heavy atom. The molecule has 0 aliphatic rings. The van der Waals surface area contributed by atoms with E-state index in [1.54, 1.807) is 30.9 Å². The molecule has 3 heterocycles. The maximum absolute atomic E-state index is 12.6. The molecule has 0 radical (unpaired) electrons. The topological polar surface area (TPSA) is 85.1 Å². The van der Waals surface area contributed by atoms with Crippen LogP contribution in [0.4, 0.5) is 0 Å². The Kier molecular flexibility index (Phi) is 4.24. The van der Waals surface area contributed by atoms with Crippen LogP contribution in [0.2, 0.25) is 0 Å². The van der Waals surface area contributed by atoms with Crippen molar-refractivity contribution >= 4 is 11.7 Å². The van der Waals surface area contributed by atoms with Crippen molar-refractivity contribution < 1.29 is 4.79 Å². The summed E-state index contributed by atoms with van der Waals surface area (Å²) in [6.45, 7) is 6.40. The van der Waals surface area contributed by atoms with Crippen LogP contribution in [-0.2, 0) is 0 Å². The molecule has 24 heavy (non-hydrogen) atoms. The van der Waals surface area contributed by atoms with Gasteiger partial charge in [0.15, 0.2) is 0 Å². The van der Waals surface area contributed by atoms with Crippen LogP contribution in [0.5, 0.6) is 0 Å². The molecule has 3 aromatic rings. The van der Waals surface area contributed by atoms with Crippen LogP contribution in [0.1, 0.15) is 49.4 Å². The summed E-state index contributed by atoms with van der Waals surface area (Å²) in [6.07, 6.45) is 7.59. The first-order valence-corrected chi connectivity index (χ1v) is 7.80. The van der Waals surface area contributed by atoms with Crippen molar-refractivity contribution in [2.75, 3.05) is 0 Å². The molecule has 1 atom stereocenters. The Morgan fingerprint density at radius 3 is 2.79 bits per heavy atom. The van der Waals surface area contributed by atoms with Gasteiger partial charge in [-0.15, -0.1) is 5.10 Å². The van der Waals surface area contributed by atoms with E-state index in [0.717, 1.165) is 12.0 Å². The molecule has 0 spiro atoms. The van der Waals surface area contributed by atoms with Gasteiger partial charge in [0.25, 0.3) is 11.7 Å². The van der Waals surface area contributed by atoms with Gasteiger partial charge in [0.1, 0.15) is 0 Å². The number of hydrogen-bond acceptors (Lipinski definition) is 5. The second-order valence-corrected chi connectivity index (χ2v) is 6.88. The lowest BCUT2D eigenvalue weighted by Gasteiger charge is -2.26. The molecule has 1 amide bonds. The van der Waals surface area contributed by atoms with Crippen LogP contribution >= 0.6 is 0 Å². The zero-order valence-electron chi connectivity index (χ0n) is 14.0. The highest BCUT2D eigenvalue weighted by Crippen LogP contribution is 2.29. The molecular formula is C17H20N6O. The lowest BCUT2D eigenvalue weighted by molar-refractivity contribution is 0.0916. The smallest absolute Gasteiger partial charge is 0.291 e. The van der Waals surface area contributed by atoms with E-state index >= 15 is 0 Å². The molecule has 0 aliphatic carbocycles. The minimum atomic E-state index is -0.321. The number of nitrogens with one attached hydrogen (secondary N) is 1. The first-order valence-electron chi connectivity index (χ1n) is 7.80. The lowest BCUT2D eigenvalue weighted by Crippen LogP contribution is -2.32. The summed E-state index contributed by atoms with van der Waals surface area (Å²) in [6, 6.07) is 5.40. The van der Waals surface area contributed by atoms with Crippen molar-refractivity contribution in [3.63, 3.8) is 0 Å². The fourth-order valence-corrected chi connectivity index (χ4v) is 2.50. The molecule has 124 valence electrons. The SMILES string of the molecule is CC(C)(C)C[C@@H](NC(=O)c1nc2ncccn2n1)c1cccnc1. The van der Waals surface area contributed by atoms with E-state index in [0.29, 0.717) is 5.78 Å². The van der Waals surface area contributed by atoms with Gasteiger partial charge in [-0.05, 0) is 29.5 Å². The number of fused-ring (bicyclic) bond motifs is 1. The minimum absolute atomic E-state index is 0.0433. The number of amides is 1. The average molecular weight is 324 g/mol. The van der Waals surface area contributed by atoms with Gasteiger partial charge < -0.3 is 5.32 Å². The average Bonchev–Trinajstić information content (AvgIpc) is 2.98. The first-order chi connectivity index (χ1) is 11.4. The molecule has 0 aliphatic heterocycles. The normalized spacial score (nSPS) is 13.0. The summed E-state index contributed by atoms with van der Waals surface area (Å²) in [5.41, 5.74) is 1.00. The quantitative estimate of drug-likeness (QED) is 0.796.